The molecule has 0 aromatic rings. The molecule has 0 bridgehead atoms. The molecule has 0 aliphatic carbocycles. The number of aliphatic hydroxyl groups is 4. The molecule has 5 nitrogen and oxygen atoms in total. The highest BCUT2D eigenvalue weighted by Crippen LogP contribution is 2.27. The number of hydrogen-bond donors (Lipinski definition) is 4. The third-order valence-corrected chi connectivity index (χ3v) is 3.04. The van der Waals surface area contributed by atoms with E-state index >= 15 is 0 Å². The van der Waals surface area contributed by atoms with Crippen molar-refractivity contribution in [3.05, 3.63) is 0 Å². The molecular weight excluding hydrogens is 174 g/mol. The predicted octanol–water partition coefficient (Wildman–Crippen LogP) is -2.48. The molecule has 2 aliphatic rings. The number of nitrogens with zero attached hydrogens (tertiary/aromatic N) is 1. The van der Waals surface area contributed by atoms with Gasteiger partial charge in [-0.2, -0.15) is 0 Å². The van der Waals surface area contributed by atoms with Crippen molar-refractivity contribution in [1.29, 1.82) is 0 Å². The lowest BCUT2D eigenvalue weighted by Crippen LogP contribution is -2.55. The monoisotopic (exact) mass is 189 g/mol. The van der Waals surface area contributed by atoms with Crippen LogP contribution < -0.4 is 0 Å². The third kappa shape index (κ3) is 1.37. The Morgan fingerprint density at radius 1 is 0.923 bits per heavy atom. The Labute approximate surface area is 76.2 Å². The molecule has 76 valence electrons. The summed E-state index contributed by atoms with van der Waals surface area (Å²) in [7, 11) is 0. The third-order valence-electron chi connectivity index (χ3n) is 3.04. The molecule has 2 fully saturated rings. The number of fused-ring (bicyclic) bond motifs is 1. The molecule has 0 radical (unpaired) electrons. The summed E-state index contributed by atoms with van der Waals surface area (Å²) in [6.07, 6.45) is -2.96. The van der Waals surface area contributed by atoms with E-state index in [0.717, 1.165) is 0 Å². The second-order valence-corrected chi connectivity index (χ2v) is 3.89. The Morgan fingerprint density at radius 3 is 2.23 bits per heavy atom. The molecule has 0 saturated carbocycles. The van der Waals surface area contributed by atoms with E-state index in [1.807, 2.05) is 4.90 Å². The fourth-order valence-corrected chi connectivity index (χ4v) is 2.27. The van der Waals surface area contributed by atoms with Gasteiger partial charge in [0.15, 0.2) is 0 Å². The minimum atomic E-state index is -0.944. The van der Waals surface area contributed by atoms with Crippen LogP contribution in [0.4, 0.5) is 0 Å². The largest absolute Gasteiger partial charge is 0.390 e. The van der Waals surface area contributed by atoms with Crippen LogP contribution in [0.5, 0.6) is 0 Å². The van der Waals surface area contributed by atoms with Crippen molar-refractivity contribution in [2.75, 3.05) is 13.1 Å². The second-order valence-electron chi connectivity index (χ2n) is 3.89. The molecule has 2 heterocycles. The number of rotatable bonds is 0. The summed E-state index contributed by atoms with van der Waals surface area (Å²) in [5.41, 5.74) is 0. The Balaban J connectivity index is 2.14. The van der Waals surface area contributed by atoms with Crippen LogP contribution in [0.2, 0.25) is 0 Å². The minimum absolute atomic E-state index is 0.385. The first-order valence-electron chi connectivity index (χ1n) is 4.57. The first-order chi connectivity index (χ1) is 6.11. The lowest BCUT2D eigenvalue weighted by Gasteiger charge is -2.37. The van der Waals surface area contributed by atoms with Gasteiger partial charge < -0.3 is 20.4 Å². The van der Waals surface area contributed by atoms with Crippen LogP contribution in [0, 0.1) is 0 Å². The molecule has 2 aliphatic heterocycles. The van der Waals surface area contributed by atoms with Gasteiger partial charge in [-0.1, -0.05) is 0 Å². The molecule has 2 saturated heterocycles. The summed E-state index contributed by atoms with van der Waals surface area (Å²) in [5, 5.41) is 37.8. The molecule has 4 N–H and O–H groups in total. The first kappa shape index (κ1) is 9.36. The maximum absolute atomic E-state index is 9.57. The van der Waals surface area contributed by atoms with Gasteiger partial charge in [-0.3, -0.25) is 4.90 Å². The molecule has 1 unspecified atom stereocenters. The SMILES string of the molecule is OC1CN2CC[C@@H](O)[C@H](O)[C@H]2[C@H]1O. The van der Waals surface area contributed by atoms with Crippen LogP contribution in [0.25, 0.3) is 0 Å². The Bertz CT molecular complexity index is 199. The molecule has 0 aromatic heterocycles. The van der Waals surface area contributed by atoms with Crippen molar-refractivity contribution in [1.82, 2.24) is 4.90 Å². The lowest BCUT2D eigenvalue weighted by atomic mass is 9.94. The number of hydrogen-bond acceptors (Lipinski definition) is 5. The van der Waals surface area contributed by atoms with E-state index in [0.29, 0.717) is 19.5 Å². The molecule has 0 spiro atoms. The van der Waals surface area contributed by atoms with Gasteiger partial charge in [0, 0.05) is 13.1 Å². The predicted molar refractivity (Wildman–Crippen MR) is 44.0 cm³/mol. The van der Waals surface area contributed by atoms with Crippen molar-refractivity contribution in [2.45, 2.75) is 36.9 Å². The Kier molecular flexibility index (Phi) is 2.29. The van der Waals surface area contributed by atoms with Crippen LogP contribution in [0.15, 0.2) is 0 Å². The van der Waals surface area contributed by atoms with E-state index in [-0.39, 0.29) is 0 Å². The lowest BCUT2D eigenvalue weighted by molar-refractivity contribution is -0.0907. The summed E-state index contributed by atoms with van der Waals surface area (Å²) < 4.78 is 0. The molecule has 5 heteroatoms. The molecule has 0 aromatic carbocycles. The molecule has 0 amide bonds. The highest BCUT2D eigenvalue weighted by molar-refractivity contribution is 5.02. The van der Waals surface area contributed by atoms with Crippen LogP contribution in [-0.4, -0.2) is 68.9 Å². The molecule has 2 rings (SSSR count). The zero-order valence-electron chi connectivity index (χ0n) is 7.24. The first-order valence-corrected chi connectivity index (χ1v) is 4.57. The summed E-state index contributed by atoms with van der Waals surface area (Å²) in [4.78, 5) is 1.83. The van der Waals surface area contributed by atoms with E-state index < -0.39 is 30.5 Å². The van der Waals surface area contributed by atoms with Crippen molar-refractivity contribution >= 4 is 0 Å². The fraction of sp³-hybridized carbons (Fsp3) is 1.00. The smallest absolute Gasteiger partial charge is 0.0992 e. The van der Waals surface area contributed by atoms with Crippen molar-refractivity contribution in [3.8, 4) is 0 Å². The zero-order valence-corrected chi connectivity index (χ0v) is 7.24. The van der Waals surface area contributed by atoms with Crippen molar-refractivity contribution < 1.29 is 20.4 Å². The maximum Gasteiger partial charge on any atom is 0.0992 e. The van der Waals surface area contributed by atoms with Crippen LogP contribution in [0.3, 0.4) is 0 Å². The van der Waals surface area contributed by atoms with Crippen molar-refractivity contribution in [3.63, 3.8) is 0 Å². The van der Waals surface area contributed by atoms with E-state index in [1.54, 1.807) is 0 Å². The Morgan fingerprint density at radius 2 is 1.54 bits per heavy atom. The highest BCUT2D eigenvalue weighted by atomic mass is 16.4. The fourth-order valence-electron chi connectivity index (χ4n) is 2.27. The van der Waals surface area contributed by atoms with Gasteiger partial charge in [0.05, 0.1) is 30.5 Å². The number of piperidine rings is 1. The highest BCUT2D eigenvalue weighted by Gasteiger charge is 2.48. The van der Waals surface area contributed by atoms with E-state index in [4.69, 9.17) is 0 Å². The average Bonchev–Trinajstić information content (AvgIpc) is 2.37. The van der Waals surface area contributed by atoms with Gasteiger partial charge in [0.25, 0.3) is 0 Å². The quantitative estimate of drug-likeness (QED) is 0.339. The zero-order chi connectivity index (χ0) is 9.59. The second kappa shape index (κ2) is 3.18. The van der Waals surface area contributed by atoms with Gasteiger partial charge in [0.2, 0.25) is 0 Å². The summed E-state index contributed by atoms with van der Waals surface area (Å²) >= 11 is 0. The van der Waals surface area contributed by atoms with E-state index in [9.17, 15) is 20.4 Å². The van der Waals surface area contributed by atoms with Gasteiger partial charge in [-0.05, 0) is 6.42 Å². The van der Waals surface area contributed by atoms with E-state index in [1.165, 1.54) is 0 Å². The van der Waals surface area contributed by atoms with Gasteiger partial charge in [-0.25, -0.2) is 0 Å². The molecule has 13 heavy (non-hydrogen) atoms. The van der Waals surface area contributed by atoms with Crippen molar-refractivity contribution in [2.24, 2.45) is 0 Å². The maximum atomic E-state index is 9.57. The normalized spacial score (nSPS) is 52.2. The summed E-state index contributed by atoms with van der Waals surface area (Å²) in [6.45, 7) is 1.01. The van der Waals surface area contributed by atoms with Crippen LogP contribution in [-0.2, 0) is 0 Å². The van der Waals surface area contributed by atoms with Gasteiger partial charge in [-0.15, -0.1) is 0 Å². The van der Waals surface area contributed by atoms with Crippen LogP contribution >= 0.6 is 0 Å². The topological polar surface area (TPSA) is 84.2 Å². The molecule has 5 atom stereocenters. The van der Waals surface area contributed by atoms with Crippen LogP contribution in [0.1, 0.15) is 6.42 Å². The molecular formula is C8H15NO4. The summed E-state index contributed by atoms with van der Waals surface area (Å²) in [5.74, 6) is 0. The summed E-state index contributed by atoms with van der Waals surface area (Å²) in [6, 6.07) is -0.501. The number of aliphatic hydroxyl groups excluding tert-OH is 4. The van der Waals surface area contributed by atoms with E-state index in [2.05, 4.69) is 0 Å². The standard InChI is InChI=1S/C8H15NO4/c10-4-1-2-9-3-5(11)8(13)6(9)7(4)12/h4-8,10-13H,1-3H2/t4-,5?,6+,7+,8+/m1/s1. The minimum Gasteiger partial charge on any atom is -0.390 e. The Hall–Kier alpha value is -0.200. The van der Waals surface area contributed by atoms with Gasteiger partial charge >= 0.3 is 0 Å². The van der Waals surface area contributed by atoms with Gasteiger partial charge in [0.1, 0.15) is 0 Å². The average molecular weight is 189 g/mol.